The minimum Gasteiger partial charge on any atom is -0.357 e. The second kappa shape index (κ2) is 12.0. The van der Waals surface area contributed by atoms with Gasteiger partial charge in [-0.05, 0) is 33.3 Å². The zero-order valence-corrected chi connectivity index (χ0v) is 21.3. The van der Waals surface area contributed by atoms with Gasteiger partial charge < -0.3 is 10.6 Å². The summed E-state index contributed by atoms with van der Waals surface area (Å²) in [6, 6.07) is 10.4. The fraction of sp³-hybridized carbons (Fsp3) is 0.409. The summed E-state index contributed by atoms with van der Waals surface area (Å²) in [5.74, 6) is 0.828. The lowest BCUT2D eigenvalue weighted by Gasteiger charge is -2.11. The number of guanidine groups is 1. The Labute approximate surface area is 200 Å². The molecule has 2 N–H and O–H groups in total. The third-order valence-electron chi connectivity index (χ3n) is 4.79. The first kappa shape index (κ1) is 24.3. The van der Waals surface area contributed by atoms with Crippen LogP contribution in [0.4, 0.5) is 0 Å². The summed E-state index contributed by atoms with van der Waals surface area (Å²) in [5.41, 5.74) is 5.78. The first-order valence-corrected chi connectivity index (χ1v) is 10.9. The van der Waals surface area contributed by atoms with Gasteiger partial charge in [0.05, 0.1) is 29.5 Å². The van der Waals surface area contributed by atoms with Crippen LogP contribution in [-0.4, -0.2) is 33.8 Å². The maximum atomic E-state index is 4.79. The Morgan fingerprint density at radius 1 is 1.13 bits per heavy atom. The molecule has 0 amide bonds. The minimum atomic E-state index is 0. The van der Waals surface area contributed by atoms with E-state index in [1.807, 2.05) is 13.0 Å². The summed E-state index contributed by atoms with van der Waals surface area (Å²) in [5, 5.41) is 14.7. The second-order valence-electron chi connectivity index (χ2n) is 7.02. The van der Waals surface area contributed by atoms with Gasteiger partial charge in [-0.15, -0.1) is 35.3 Å². The highest BCUT2D eigenvalue weighted by atomic mass is 127. The molecule has 162 valence electrons. The van der Waals surface area contributed by atoms with Crippen LogP contribution in [0.15, 0.2) is 40.7 Å². The van der Waals surface area contributed by atoms with Crippen molar-refractivity contribution in [2.24, 2.45) is 4.99 Å². The van der Waals surface area contributed by atoms with E-state index in [2.05, 4.69) is 70.7 Å². The van der Waals surface area contributed by atoms with E-state index >= 15 is 0 Å². The van der Waals surface area contributed by atoms with Gasteiger partial charge in [0.1, 0.15) is 0 Å². The van der Waals surface area contributed by atoms with Gasteiger partial charge in [-0.1, -0.05) is 30.3 Å². The van der Waals surface area contributed by atoms with E-state index in [0.717, 1.165) is 48.4 Å². The Kier molecular flexibility index (Phi) is 9.77. The number of halogens is 1. The Balaban J connectivity index is 0.00000320. The Morgan fingerprint density at radius 2 is 1.90 bits per heavy atom. The van der Waals surface area contributed by atoms with Gasteiger partial charge in [0, 0.05) is 36.1 Å². The second-order valence-corrected chi connectivity index (χ2v) is 8.08. The third kappa shape index (κ3) is 6.80. The molecular formula is C22H31IN6S. The monoisotopic (exact) mass is 538 g/mol. The summed E-state index contributed by atoms with van der Waals surface area (Å²) in [7, 11) is 0. The van der Waals surface area contributed by atoms with Gasteiger partial charge in [-0.25, -0.2) is 9.98 Å². The SMILES string of the molecule is CCNC(=NCc1c(C)nn(Cc2ccccc2)c1C)NCCc1csc(C)n1.I. The summed E-state index contributed by atoms with van der Waals surface area (Å²) < 4.78 is 2.07. The molecule has 0 radical (unpaired) electrons. The average Bonchev–Trinajstić information content (AvgIpc) is 3.24. The molecule has 0 saturated carbocycles. The Hall–Kier alpha value is -1.94. The van der Waals surface area contributed by atoms with Crippen molar-refractivity contribution >= 4 is 41.3 Å². The van der Waals surface area contributed by atoms with Crippen molar-refractivity contribution in [1.82, 2.24) is 25.4 Å². The number of benzene rings is 1. The van der Waals surface area contributed by atoms with Gasteiger partial charge in [0.15, 0.2) is 5.96 Å². The van der Waals surface area contributed by atoms with E-state index in [0.29, 0.717) is 6.54 Å². The normalized spacial score (nSPS) is 11.3. The molecule has 30 heavy (non-hydrogen) atoms. The summed E-state index contributed by atoms with van der Waals surface area (Å²) in [6.45, 7) is 11.3. The summed E-state index contributed by atoms with van der Waals surface area (Å²) >= 11 is 1.69. The van der Waals surface area contributed by atoms with Crippen molar-refractivity contribution in [3.05, 3.63) is 68.9 Å². The van der Waals surface area contributed by atoms with Crippen molar-refractivity contribution in [3.63, 3.8) is 0 Å². The standard InChI is InChI=1S/C22H30N6S.HI/c1-5-23-22(24-12-11-20-15-29-18(4)26-20)25-13-21-16(2)27-28(17(21)3)14-19-9-7-6-8-10-19;/h6-10,15H,5,11-14H2,1-4H3,(H2,23,24,25);1H. The highest BCUT2D eigenvalue weighted by Gasteiger charge is 2.12. The fourth-order valence-corrected chi connectivity index (χ4v) is 3.85. The zero-order chi connectivity index (χ0) is 20.6. The molecule has 6 nitrogen and oxygen atoms in total. The lowest BCUT2D eigenvalue weighted by atomic mass is 10.2. The van der Waals surface area contributed by atoms with E-state index in [9.17, 15) is 0 Å². The van der Waals surface area contributed by atoms with Crippen molar-refractivity contribution in [2.75, 3.05) is 13.1 Å². The first-order valence-electron chi connectivity index (χ1n) is 10.1. The molecule has 3 aromatic rings. The van der Waals surface area contributed by atoms with Crippen LogP contribution in [0.2, 0.25) is 0 Å². The van der Waals surface area contributed by atoms with E-state index in [4.69, 9.17) is 10.1 Å². The van der Waals surface area contributed by atoms with Gasteiger partial charge in [-0.2, -0.15) is 5.10 Å². The van der Waals surface area contributed by atoms with Crippen LogP contribution in [0, 0.1) is 20.8 Å². The fourth-order valence-electron chi connectivity index (χ4n) is 3.21. The maximum absolute atomic E-state index is 4.79. The molecule has 2 heterocycles. The molecule has 0 saturated heterocycles. The lowest BCUT2D eigenvalue weighted by molar-refractivity contribution is 0.658. The molecule has 0 spiro atoms. The average molecular weight is 539 g/mol. The molecule has 3 rings (SSSR count). The van der Waals surface area contributed by atoms with Gasteiger partial charge in [-0.3, -0.25) is 4.68 Å². The Morgan fingerprint density at radius 3 is 2.57 bits per heavy atom. The van der Waals surface area contributed by atoms with E-state index in [1.54, 1.807) is 11.3 Å². The number of thiazole rings is 1. The predicted octanol–water partition coefficient (Wildman–Crippen LogP) is 4.23. The van der Waals surface area contributed by atoms with E-state index in [-0.39, 0.29) is 24.0 Å². The van der Waals surface area contributed by atoms with E-state index in [1.165, 1.54) is 16.8 Å². The highest BCUT2D eigenvalue weighted by molar-refractivity contribution is 14.0. The number of aliphatic imine (C=N–C) groups is 1. The summed E-state index contributed by atoms with van der Waals surface area (Å²) in [4.78, 5) is 9.30. The number of rotatable bonds is 8. The molecule has 0 bridgehead atoms. The smallest absolute Gasteiger partial charge is 0.191 e. The van der Waals surface area contributed by atoms with Gasteiger partial charge >= 0.3 is 0 Å². The molecule has 0 aliphatic carbocycles. The van der Waals surface area contributed by atoms with Crippen LogP contribution in [0.5, 0.6) is 0 Å². The molecular weight excluding hydrogens is 507 g/mol. The van der Waals surface area contributed by atoms with Crippen LogP contribution in [0.1, 0.15) is 40.1 Å². The molecule has 1 aromatic carbocycles. The molecule has 0 fully saturated rings. The van der Waals surface area contributed by atoms with Gasteiger partial charge in [0.25, 0.3) is 0 Å². The van der Waals surface area contributed by atoms with Crippen molar-refractivity contribution < 1.29 is 0 Å². The number of hydrogen-bond acceptors (Lipinski definition) is 4. The first-order chi connectivity index (χ1) is 14.1. The maximum Gasteiger partial charge on any atom is 0.191 e. The zero-order valence-electron chi connectivity index (χ0n) is 18.1. The molecule has 0 atom stereocenters. The van der Waals surface area contributed by atoms with Crippen molar-refractivity contribution in [2.45, 2.75) is 47.2 Å². The van der Waals surface area contributed by atoms with Crippen LogP contribution in [0.25, 0.3) is 0 Å². The van der Waals surface area contributed by atoms with Crippen molar-refractivity contribution in [1.29, 1.82) is 0 Å². The summed E-state index contributed by atoms with van der Waals surface area (Å²) in [6.07, 6.45) is 0.891. The van der Waals surface area contributed by atoms with Crippen LogP contribution in [0.3, 0.4) is 0 Å². The molecule has 0 aliphatic heterocycles. The molecule has 8 heteroatoms. The number of nitrogens with zero attached hydrogens (tertiary/aromatic N) is 4. The van der Waals surface area contributed by atoms with E-state index < -0.39 is 0 Å². The molecule has 0 unspecified atom stereocenters. The largest absolute Gasteiger partial charge is 0.357 e. The third-order valence-corrected chi connectivity index (χ3v) is 5.61. The predicted molar refractivity (Wildman–Crippen MR) is 136 cm³/mol. The quantitative estimate of drug-likeness (QED) is 0.256. The van der Waals surface area contributed by atoms with Crippen LogP contribution < -0.4 is 10.6 Å². The number of nitrogens with one attached hydrogen (secondary N) is 2. The molecule has 0 aliphatic rings. The number of hydrogen-bond donors (Lipinski definition) is 2. The van der Waals surface area contributed by atoms with Gasteiger partial charge in [0.2, 0.25) is 0 Å². The number of aryl methyl sites for hydroxylation is 2. The number of aromatic nitrogens is 3. The minimum absolute atomic E-state index is 0. The van der Waals surface area contributed by atoms with Crippen molar-refractivity contribution in [3.8, 4) is 0 Å². The van der Waals surface area contributed by atoms with Crippen LogP contribution >= 0.6 is 35.3 Å². The molecule has 2 aromatic heterocycles. The topological polar surface area (TPSA) is 67.1 Å². The van der Waals surface area contributed by atoms with Crippen LogP contribution in [-0.2, 0) is 19.5 Å². The Bertz CT molecular complexity index is 948. The highest BCUT2D eigenvalue weighted by Crippen LogP contribution is 2.16. The lowest BCUT2D eigenvalue weighted by Crippen LogP contribution is -2.38.